The van der Waals surface area contributed by atoms with Crippen molar-refractivity contribution in [2.75, 3.05) is 0 Å². The maximum atomic E-state index is 5.02. The molecule has 0 amide bonds. The summed E-state index contributed by atoms with van der Waals surface area (Å²) in [5, 5.41) is 2.31. The van der Waals surface area contributed by atoms with Gasteiger partial charge in [0, 0.05) is 63.1 Å². The molecule has 0 radical (unpaired) electrons. The number of aryl methyl sites for hydroxylation is 2. The Morgan fingerprint density at radius 2 is 1.21 bits per heavy atom. The monoisotopic (exact) mass is 898 g/mol. The molecule has 11 rings (SSSR count). The van der Waals surface area contributed by atoms with Crippen LogP contribution in [-0.4, -0.2) is 18.7 Å². The molecule has 7 aromatic carbocycles. The first-order valence-electron chi connectivity index (χ1n) is 18.8. The van der Waals surface area contributed by atoms with Gasteiger partial charge in [0.05, 0.1) is 0 Å². The summed E-state index contributed by atoms with van der Waals surface area (Å²) in [6, 6.07) is 67.0. The molecule has 1 aliphatic rings. The van der Waals surface area contributed by atoms with Gasteiger partial charge in [-0.2, -0.15) is 30.3 Å². The van der Waals surface area contributed by atoms with Crippen LogP contribution in [0.1, 0.15) is 27.8 Å². The molecule has 0 saturated carbocycles. The van der Waals surface area contributed by atoms with Crippen LogP contribution < -0.4 is 0 Å². The number of aromatic nitrogens is 4. The molecule has 0 aliphatic heterocycles. The first-order chi connectivity index (χ1) is 27.1. The normalized spacial score (nSPS) is 12.8. The fraction of sp³-hybridized carbons (Fsp3) is 0.0588. The van der Waals surface area contributed by atoms with Gasteiger partial charge in [-0.15, -0.1) is 22.6 Å². The summed E-state index contributed by atoms with van der Waals surface area (Å²) >= 11 is 0. The minimum atomic E-state index is -0.694. The maximum Gasteiger partial charge on any atom is 0.188 e. The molecule has 0 bridgehead atoms. The molecule has 4 nitrogen and oxygen atoms in total. The number of fused-ring (bicyclic) bond motifs is 7. The van der Waals surface area contributed by atoms with Gasteiger partial charge in [-0.1, -0.05) is 103 Å². The standard InChI is InChI=1S/C51H35N4.Pt/c1-34-14-3-4-17-39(34)35-28-29-52-50(30-35)55-46-23-10-7-20-42(46)43-27-26-37(32-49(43)55)51(44-21-8-5-18-40(44)41-19-6-9-22-45(41)51)36-15-13-16-38(31-36)54-33-53(2)47-24-11-12-25-48(47)54;/h3-30,33H,1-2H3;/q-1;. The van der Waals surface area contributed by atoms with Gasteiger partial charge < -0.3 is 4.57 Å². The third-order valence-corrected chi connectivity index (χ3v) is 11.6. The van der Waals surface area contributed by atoms with Crippen molar-refractivity contribution in [3.63, 3.8) is 0 Å². The van der Waals surface area contributed by atoms with Crippen LogP contribution in [0.5, 0.6) is 0 Å². The van der Waals surface area contributed by atoms with Crippen LogP contribution in [0.15, 0.2) is 176 Å². The van der Waals surface area contributed by atoms with Gasteiger partial charge in [-0.05, 0) is 81.6 Å². The van der Waals surface area contributed by atoms with Crippen molar-refractivity contribution in [1.82, 2.24) is 18.7 Å². The van der Waals surface area contributed by atoms with Gasteiger partial charge in [-0.3, -0.25) is 0 Å². The zero-order valence-electron chi connectivity index (χ0n) is 30.8. The second-order valence-corrected chi connectivity index (χ2v) is 14.6. The minimum absolute atomic E-state index is 0. The number of pyridine rings is 1. The second kappa shape index (κ2) is 13.1. The Labute approximate surface area is 340 Å². The van der Waals surface area contributed by atoms with Crippen LogP contribution in [0.2, 0.25) is 0 Å². The van der Waals surface area contributed by atoms with Gasteiger partial charge in [0.15, 0.2) is 17.4 Å². The minimum Gasteiger partial charge on any atom is -0.319 e. The van der Waals surface area contributed by atoms with E-state index in [1.54, 1.807) is 0 Å². The fourth-order valence-corrected chi connectivity index (χ4v) is 9.19. The molecule has 0 fully saturated rings. The Morgan fingerprint density at radius 1 is 0.571 bits per heavy atom. The van der Waals surface area contributed by atoms with E-state index < -0.39 is 5.41 Å². The topological polar surface area (TPSA) is 27.7 Å². The van der Waals surface area contributed by atoms with Crippen molar-refractivity contribution >= 4 is 32.8 Å². The third-order valence-electron chi connectivity index (χ3n) is 11.6. The summed E-state index contributed by atoms with van der Waals surface area (Å²) < 4.78 is 6.72. The molecule has 56 heavy (non-hydrogen) atoms. The van der Waals surface area contributed by atoms with Crippen molar-refractivity contribution in [3.8, 4) is 33.8 Å². The van der Waals surface area contributed by atoms with Gasteiger partial charge in [0.1, 0.15) is 5.82 Å². The number of nitrogens with zero attached hydrogens (tertiary/aromatic N) is 4. The van der Waals surface area contributed by atoms with Crippen LogP contribution in [0, 0.1) is 19.1 Å². The first kappa shape index (κ1) is 34.2. The number of rotatable bonds is 5. The van der Waals surface area contributed by atoms with Crippen molar-refractivity contribution in [3.05, 3.63) is 216 Å². The van der Waals surface area contributed by atoms with E-state index >= 15 is 0 Å². The molecule has 5 heteroatoms. The summed E-state index contributed by atoms with van der Waals surface area (Å²) in [5.74, 6) is 0.863. The summed E-state index contributed by atoms with van der Waals surface area (Å²) in [6.45, 7) is 2.16. The third kappa shape index (κ3) is 4.89. The molecule has 0 spiro atoms. The molecule has 0 unspecified atom stereocenters. The van der Waals surface area contributed by atoms with E-state index in [1.165, 1.54) is 44.3 Å². The summed E-state index contributed by atoms with van der Waals surface area (Å²) in [6.07, 6.45) is 4.08. The number of benzene rings is 7. The van der Waals surface area contributed by atoms with Gasteiger partial charge in [0.25, 0.3) is 0 Å². The van der Waals surface area contributed by atoms with Gasteiger partial charge >= 0.3 is 0 Å². The Hall–Kier alpha value is -6.35. The number of imidazole rings is 1. The van der Waals surface area contributed by atoms with E-state index in [2.05, 4.69) is 210 Å². The Kier molecular flexibility index (Phi) is 8.02. The van der Waals surface area contributed by atoms with Crippen LogP contribution >= 0.6 is 0 Å². The number of hydrogen-bond donors (Lipinski definition) is 0. The van der Waals surface area contributed by atoms with Crippen LogP contribution in [0.3, 0.4) is 0 Å². The SMILES string of the molecule is Cc1ccccc1-c1ccnc(-n2c3[c-]c(C4(c5[c-]c(-n6[cH+]n(C)c7ccccc76)ccc5)c5ccccc5-c5ccccc54)ccc3c3ccccc32)c1.[Pt]. The Balaban J connectivity index is 0.00000384. The van der Waals surface area contributed by atoms with Crippen molar-refractivity contribution in [1.29, 1.82) is 0 Å². The number of para-hydroxylation sites is 3. The average molecular weight is 899 g/mol. The first-order valence-corrected chi connectivity index (χ1v) is 18.8. The molecule has 3 aromatic heterocycles. The van der Waals surface area contributed by atoms with Gasteiger partial charge in [0.2, 0.25) is 0 Å². The zero-order chi connectivity index (χ0) is 36.7. The quantitative estimate of drug-likeness (QED) is 0.158. The van der Waals surface area contributed by atoms with Crippen LogP contribution in [-0.2, 0) is 33.5 Å². The van der Waals surface area contributed by atoms with Crippen molar-refractivity contribution < 1.29 is 21.1 Å². The predicted molar refractivity (Wildman–Crippen MR) is 224 cm³/mol. The molecular formula is C51H35N4Pt-. The molecule has 1 aliphatic carbocycles. The van der Waals surface area contributed by atoms with E-state index in [1.807, 2.05) is 6.20 Å². The number of hydrogen-bond acceptors (Lipinski definition) is 1. The molecule has 0 N–H and O–H groups in total. The smallest absolute Gasteiger partial charge is 0.188 e. The van der Waals surface area contributed by atoms with Crippen LogP contribution in [0.25, 0.3) is 66.6 Å². The summed E-state index contributed by atoms with van der Waals surface area (Å²) in [4.78, 5) is 5.02. The Bertz CT molecular complexity index is 3100. The zero-order valence-corrected chi connectivity index (χ0v) is 33.1. The molecule has 0 saturated heterocycles. The molecular weight excluding hydrogens is 864 g/mol. The van der Waals surface area contributed by atoms with E-state index in [-0.39, 0.29) is 21.1 Å². The maximum absolute atomic E-state index is 5.02. The molecule has 270 valence electrons. The second-order valence-electron chi connectivity index (χ2n) is 14.6. The Morgan fingerprint density at radius 3 is 1.98 bits per heavy atom. The average Bonchev–Trinajstić information content (AvgIpc) is 3.87. The van der Waals surface area contributed by atoms with Crippen LogP contribution in [0.4, 0.5) is 0 Å². The summed E-state index contributed by atoms with van der Waals surface area (Å²) in [7, 11) is 2.10. The summed E-state index contributed by atoms with van der Waals surface area (Å²) in [5.41, 5.74) is 15.3. The van der Waals surface area contributed by atoms with E-state index in [4.69, 9.17) is 4.98 Å². The van der Waals surface area contributed by atoms with Gasteiger partial charge in [-0.25, -0.2) is 14.1 Å². The fourth-order valence-electron chi connectivity index (χ4n) is 9.19. The molecule has 10 aromatic rings. The van der Waals surface area contributed by atoms with E-state index in [0.717, 1.165) is 50.1 Å². The van der Waals surface area contributed by atoms with E-state index in [0.29, 0.717) is 0 Å². The molecule has 0 atom stereocenters. The van der Waals surface area contributed by atoms with Crippen molar-refractivity contribution in [2.24, 2.45) is 7.05 Å². The van der Waals surface area contributed by atoms with Crippen molar-refractivity contribution in [2.45, 2.75) is 12.3 Å². The molecule has 3 heterocycles. The largest absolute Gasteiger partial charge is 0.319 e. The predicted octanol–water partition coefficient (Wildman–Crippen LogP) is 11.7. The van der Waals surface area contributed by atoms with E-state index in [9.17, 15) is 0 Å².